The first-order valence-corrected chi connectivity index (χ1v) is 5.83. The lowest BCUT2D eigenvalue weighted by Crippen LogP contribution is -2.19. The Bertz CT molecular complexity index is 689. The van der Waals surface area contributed by atoms with Gasteiger partial charge in [0.1, 0.15) is 5.56 Å². The van der Waals surface area contributed by atoms with Gasteiger partial charge >= 0.3 is 5.97 Å². The topological polar surface area (TPSA) is 72.2 Å². The molecule has 0 aliphatic heterocycles. The van der Waals surface area contributed by atoms with Gasteiger partial charge in [-0.15, -0.1) is 0 Å². The molecule has 0 aliphatic rings. The van der Waals surface area contributed by atoms with Gasteiger partial charge in [0.25, 0.3) is 0 Å². The maximum absolute atomic E-state index is 11.5. The first-order chi connectivity index (χ1) is 8.99. The smallest absolute Gasteiger partial charge is 0.341 e. The highest BCUT2D eigenvalue weighted by molar-refractivity contribution is 5.87. The summed E-state index contributed by atoms with van der Waals surface area (Å²) in [5.41, 5.74) is 2.12. The quantitative estimate of drug-likeness (QED) is 0.907. The van der Waals surface area contributed by atoms with Crippen LogP contribution in [0, 0.1) is 13.8 Å². The Hall–Kier alpha value is -2.43. The maximum atomic E-state index is 11.5. The molecule has 0 atom stereocenters. The molecule has 5 heteroatoms. The zero-order chi connectivity index (χ0) is 14.0. The molecule has 2 heterocycles. The monoisotopic (exact) mass is 258 g/mol. The lowest BCUT2D eigenvalue weighted by atomic mass is 10.1. The van der Waals surface area contributed by atoms with Crippen LogP contribution in [0.5, 0.6) is 0 Å². The van der Waals surface area contributed by atoms with Crippen LogP contribution in [-0.4, -0.2) is 20.6 Å². The van der Waals surface area contributed by atoms with Crippen molar-refractivity contribution in [1.29, 1.82) is 0 Å². The van der Waals surface area contributed by atoms with Gasteiger partial charge in [0.2, 0.25) is 0 Å². The molecule has 2 rings (SSSR count). The molecule has 0 saturated heterocycles. The number of pyridine rings is 2. The Morgan fingerprint density at radius 2 is 2.16 bits per heavy atom. The van der Waals surface area contributed by atoms with Gasteiger partial charge in [0, 0.05) is 36.9 Å². The summed E-state index contributed by atoms with van der Waals surface area (Å²) in [7, 11) is 0. The summed E-state index contributed by atoms with van der Waals surface area (Å²) < 4.78 is 1.76. The highest BCUT2D eigenvalue weighted by Gasteiger charge is 2.11. The number of aromatic carboxylic acids is 1. The fraction of sp³-hybridized carbons (Fsp3) is 0.214. The number of hydrogen-bond donors (Lipinski definition) is 1. The van der Waals surface area contributed by atoms with Crippen LogP contribution in [0.15, 0.2) is 35.5 Å². The molecular formula is C14H14N2O3. The average Bonchev–Trinajstić information content (AvgIpc) is 2.34. The van der Waals surface area contributed by atoms with Crippen molar-refractivity contribution in [3.05, 3.63) is 63.3 Å². The lowest BCUT2D eigenvalue weighted by Gasteiger charge is -2.13. The molecule has 0 bridgehead atoms. The van der Waals surface area contributed by atoms with Crippen LogP contribution in [0.25, 0.3) is 0 Å². The third-order valence-corrected chi connectivity index (χ3v) is 3.05. The third kappa shape index (κ3) is 2.70. The highest BCUT2D eigenvalue weighted by Crippen LogP contribution is 2.09. The van der Waals surface area contributed by atoms with E-state index in [1.807, 2.05) is 13.0 Å². The van der Waals surface area contributed by atoms with Crippen LogP contribution >= 0.6 is 0 Å². The number of carbonyl (C=O) groups is 1. The summed E-state index contributed by atoms with van der Waals surface area (Å²) in [6.07, 6.45) is 4.84. The minimum Gasteiger partial charge on any atom is -0.477 e. The molecule has 0 aromatic carbocycles. The van der Waals surface area contributed by atoms with E-state index < -0.39 is 11.4 Å². The van der Waals surface area contributed by atoms with Gasteiger partial charge in [0.15, 0.2) is 5.43 Å². The van der Waals surface area contributed by atoms with E-state index in [-0.39, 0.29) is 5.56 Å². The Kier molecular flexibility index (Phi) is 3.46. The van der Waals surface area contributed by atoms with Crippen molar-refractivity contribution in [2.24, 2.45) is 0 Å². The van der Waals surface area contributed by atoms with Gasteiger partial charge < -0.3 is 9.67 Å². The first kappa shape index (κ1) is 13.0. The number of rotatable bonds is 3. The van der Waals surface area contributed by atoms with Crippen LogP contribution in [0.2, 0.25) is 0 Å². The molecular weight excluding hydrogens is 244 g/mol. The Labute approximate surface area is 110 Å². The van der Waals surface area contributed by atoms with Crippen LogP contribution < -0.4 is 5.43 Å². The summed E-state index contributed by atoms with van der Waals surface area (Å²) in [4.78, 5) is 26.5. The Morgan fingerprint density at radius 1 is 1.42 bits per heavy atom. The van der Waals surface area contributed by atoms with Gasteiger partial charge in [-0.3, -0.25) is 9.78 Å². The highest BCUT2D eigenvalue weighted by atomic mass is 16.4. The first-order valence-electron chi connectivity index (χ1n) is 5.83. The SMILES string of the molecule is Cc1cnccc1Cn1cc(C(=O)O)c(=O)cc1C. The van der Waals surface area contributed by atoms with E-state index in [0.29, 0.717) is 6.54 Å². The molecule has 5 nitrogen and oxygen atoms in total. The molecule has 0 aliphatic carbocycles. The summed E-state index contributed by atoms with van der Waals surface area (Å²) >= 11 is 0. The van der Waals surface area contributed by atoms with Crippen molar-refractivity contribution in [2.75, 3.05) is 0 Å². The van der Waals surface area contributed by atoms with Gasteiger partial charge in [-0.2, -0.15) is 0 Å². The molecule has 0 unspecified atom stereocenters. The van der Waals surface area contributed by atoms with Crippen molar-refractivity contribution in [2.45, 2.75) is 20.4 Å². The number of carboxylic acid groups (broad SMARTS) is 1. The standard InChI is InChI=1S/C14H14N2O3/c1-9-6-15-4-3-11(9)7-16-8-12(14(18)19)13(17)5-10(16)2/h3-6,8H,7H2,1-2H3,(H,18,19). The summed E-state index contributed by atoms with van der Waals surface area (Å²) in [6, 6.07) is 3.23. The largest absolute Gasteiger partial charge is 0.477 e. The van der Waals surface area contributed by atoms with Crippen molar-refractivity contribution in [1.82, 2.24) is 9.55 Å². The number of aromatic nitrogens is 2. The molecule has 0 saturated carbocycles. The molecule has 0 amide bonds. The molecule has 98 valence electrons. The maximum Gasteiger partial charge on any atom is 0.341 e. The summed E-state index contributed by atoms with van der Waals surface area (Å²) in [6.45, 7) is 4.24. The summed E-state index contributed by atoms with van der Waals surface area (Å²) in [5, 5.41) is 8.98. The minimum atomic E-state index is -1.20. The van der Waals surface area contributed by atoms with Crippen LogP contribution in [-0.2, 0) is 6.54 Å². The van der Waals surface area contributed by atoms with Crippen molar-refractivity contribution in [3.8, 4) is 0 Å². The number of hydrogen-bond acceptors (Lipinski definition) is 3. The Morgan fingerprint density at radius 3 is 2.79 bits per heavy atom. The minimum absolute atomic E-state index is 0.211. The third-order valence-electron chi connectivity index (χ3n) is 3.05. The predicted octanol–water partition coefficient (Wildman–Crippen LogP) is 1.61. The van der Waals surface area contributed by atoms with Gasteiger partial charge in [-0.1, -0.05) is 0 Å². The lowest BCUT2D eigenvalue weighted by molar-refractivity contribution is 0.0694. The predicted molar refractivity (Wildman–Crippen MR) is 70.5 cm³/mol. The fourth-order valence-corrected chi connectivity index (χ4v) is 1.87. The molecule has 0 radical (unpaired) electrons. The zero-order valence-electron chi connectivity index (χ0n) is 10.8. The number of aryl methyl sites for hydroxylation is 2. The van der Waals surface area contributed by atoms with Crippen molar-refractivity contribution >= 4 is 5.97 Å². The van der Waals surface area contributed by atoms with Crippen LogP contribution in [0.4, 0.5) is 0 Å². The second-order valence-electron chi connectivity index (χ2n) is 4.43. The average molecular weight is 258 g/mol. The van der Waals surface area contributed by atoms with E-state index in [0.717, 1.165) is 16.8 Å². The van der Waals surface area contributed by atoms with Gasteiger partial charge in [-0.25, -0.2) is 4.79 Å². The van der Waals surface area contributed by atoms with Crippen LogP contribution in [0.3, 0.4) is 0 Å². The fourth-order valence-electron chi connectivity index (χ4n) is 1.87. The molecule has 1 N–H and O–H groups in total. The number of carboxylic acids is 1. The molecule has 2 aromatic heterocycles. The zero-order valence-corrected chi connectivity index (χ0v) is 10.8. The normalized spacial score (nSPS) is 10.4. The van der Waals surface area contributed by atoms with Gasteiger partial charge in [-0.05, 0) is 31.0 Å². The molecule has 0 spiro atoms. The van der Waals surface area contributed by atoms with E-state index in [2.05, 4.69) is 4.98 Å². The van der Waals surface area contributed by atoms with E-state index in [4.69, 9.17) is 5.11 Å². The number of nitrogens with zero attached hydrogens (tertiary/aromatic N) is 2. The second-order valence-corrected chi connectivity index (χ2v) is 4.43. The molecule has 0 fully saturated rings. The van der Waals surface area contributed by atoms with E-state index in [1.165, 1.54) is 12.3 Å². The van der Waals surface area contributed by atoms with Gasteiger partial charge in [0.05, 0.1) is 0 Å². The van der Waals surface area contributed by atoms with E-state index >= 15 is 0 Å². The van der Waals surface area contributed by atoms with E-state index in [9.17, 15) is 9.59 Å². The van der Waals surface area contributed by atoms with E-state index in [1.54, 1.807) is 23.9 Å². The molecule has 2 aromatic rings. The Balaban J connectivity index is 2.46. The molecule has 19 heavy (non-hydrogen) atoms. The summed E-state index contributed by atoms with van der Waals surface area (Å²) in [5.74, 6) is -1.20. The van der Waals surface area contributed by atoms with Crippen molar-refractivity contribution in [3.63, 3.8) is 0 Å². The van der Waals surface area contributed by atoms with Crippen molar-refractivity contribution < 1.29 is 9.90 Å². The second kappa shape index (κ2) is 5.06. The van der Waals surface area contributed by atoms with Crippen LogP contribution in [0.1, 0.15) is 27.2 Å².